The number of carbonyl (C=O) groups excluding carboxylic acids is 1. The Hall–Kier alpha value is -2.50. The van der Waals surface area contributed by atoms with Crippen molar-refractivity contribution in [2.24, 2.45) is 5.41 Å². The van der Waals surface area contributed by atoms with Crippen molar-refractivity contribution < 1.29 is 9.53 Å². The van der Waals surface area contributed by atoms with Crippen molar-refractivity contribution >= 4 is 17.2 Å². The van der Waals surface area contributed by atoms with Gasteiger partial charge in [-0.25, -0.2) is 0 Å². The molecule has 0 saturated carbocycles. The predicted octanol–water partition coefficient (Wildman–Crippen LogP) is 4.47. The standard InChI is InChI=1S/C23H24N2O2S/c26-22(25-17-21-2-1-15-28-21)23(9-13-27-14-10-23)16-18-3-5-19(6-4-18)20-7-11-24-12-8-20/h1-8,11-12,15H,9-10,13-14,16-17H2,(H,25,26). The summed E-state index contributed by atoms with van der Waals surface area (Å²) < 4.78 is 5.56. The minimum Gasteiger partial charge on any atom is -0.381 e. The maximum absolute atomic E-state index is 13.1. The van der Waals surface area contributed by atoms with E-state index in [1.807, 2.05) is 23.6 Å². The van der Waals surface area contributed by atoms with Gasteiger partial charge in [0.05, 0.1) is 12.0 Å². The molecule has 2 aromatic heterocycles. The lowest BCUT2D eigenvalue weighted by Crippen LogP contribution is -2.45. The van der Waals surface area contributed by atoms with E-state index in [1.165, 1.54) is 10.4 Å². The number of pyridine rings is 1. The van der Waals surface area contributed by atoms with Crippen LogP contribution in [0.25, 0.3) is 11.1 Å². The maximum Gasteiger partial charge on any atom is 0.227 e. The molecule has 0 unspecified atom stereocenters. The van der Waals surface area contributed by atoms with Crippen molar-refractivity contribution in [3.05, 3.63) is 76.7 Å². The van der Waals surface area contributed by atoms with Gasteiger partial charge in [0.2, 0.25) is 5.91 Å². The summed E-state index contributed by atoms with van der Waals surface area (Å²) >= 11 is 1.67. The van der Waals surface area contributed by atoms with Crippen LogP contribution < -0.4 is 5.32 Å². The quantitative estimate of drug-likeness (QED) is 0.674. The fourth-order valence-corrected chi connectivity index (χ4v) is 4.41. The number of hydrogen-bond donors (Lipinski definition) is 1. The van der Waals surface area contributed by atoms with Gasteiger partial charge in [0, 0.05) is 30.5 Å². The molecule has 4 rings (SSSR count). The molecule has 4 nitrogen and oxygen atoms in total. The van der Waals surface area contributed by atoms with E-state index in [1.54, 1.807) is 23.7 Å². The number of benzene rings is 1. The van der Waals surface area contributed by atoms with Crippen molar-refractivity contribution in [1.29, 1.82) is 0 Å². The molecule has 0 aliphatic carbocycles. The fourth-order valence-electron chi connectivity index (χ4n) is 3.76. The van der Waals surface area contributed by atoms with Crippen LogP contribution in [-0.2, 0) is 22.5 Å². The Morgan fingerprint density at radius 2 is 1.75 bits per heavy atom. The molecular formula is C23H24N2O2S. The number of nitrogens with zero attached hydrogens (tertiary/aromatic N) is 1. The largest absolute Gasteiger partial charge is 0.381 e. The first-order valence-electron chi connectivity index (χ1n) is 9.63. The molecule has 0 bridgehead atoms. The SMILES string of the molecule is O=C(NCc1cccs1)C1(Cc2ccc(-c3ccncc3)cc2)CCOCC1. The van der Waals surface area contributed by atoms with Gasteiger partial charge < -0.3 is 10.1 Å². The Morgan fingerprint density at radius 1 is 1.04 bits per heavy atom. The second-order valence-corrected chi connectivity index (χ2v) is 8.30. The third kappa shape index (κ3) is 4.32. The molecule has 1 saturated heterocycles. The minimum atomic E-state index is -0.395. The zero-order valence-electron chi connectivity index (χ0n) is 15.8. The van der Waals surface area contributed by atoms with E-state index in [0.29, 0.717) is 19.8 Å². The van der Waals surface area contributed by atoms with E-state index in [9.17, 15) is 4.79 Å². The first-order valence-corrected chi connectivity index (χ1v) is 10.5. The first-order chi connectivity index (χ1) is 13.8. The molecule has 144 valence electrons. The highest BCUT2D eigenvalue weighted by Crippen LogP contribution is 2.35. The van der Waals surface area contributed by atoms with Gasteiger partial charge in [-0.15, -0.1) is 11.3 Å². The summed E-state index contributed by atoms with van der Waals surface area (Å²) in [4.78, 5) is 18.4. The number of carbonyl (C=O) groups is 1. The Balaban J connectivity index is 1.49. The molecule has 1 aliphatic heterocycles. The monoisotopic (exact) mass is 392 g/mol. The Kier molecular flexibility index (Phi) is 5.84. The summed E-state index contributed by atoms with van der Waals surface area (Å²) in [6.45, 7) is 1.88. The highest BCUT2D eigenvalue weighted by molar-refractivity contribution is 7.09. The molecule has 3 aromatic rings. The second kappa shape index (κ2) is 8.67. The minimum absolute atomic E-state index is 0.141. The molecule has 0 radical (unpaired) electrons. The summed E-state index contributed by atoms with van der Waals surface area (Å²) in [5, 5.41) is 5.20. The van der Waals surface area contributed by atoms with Crippen molar-refractivity contribution in [3.8, 4) is 11.1 Å². The van der Waals surface area contributed by atoms with E-state index < -0.39 is 5.41 Å². The van der Waals surface area contributed by atoms with E-state index in [2.05, 4.69) is 40.6 Å². The van der Waals surface area contributed by atoms with Crippen LogP contribution in [0.2, 0.25) is 0 Å². The second-order valence-electron chi connectivity index (χ2n) is 7.26. The number of nitrogens with one attached hydrogen (secondary N) is 1. The lowest BCUT2D eigenvalue weighted by Gasteiger charge is -2.36. The summed E-state index contributed by atoms with van der Waals surface area (Å²) in [6.07, 6.45) is 5.87. The van der Waals surface area contributed by atoms with E-state index >= 15 is 0 Å². The van der Waals surface area contributed by atoms with Crippen LogP contribution in [0.3, 0.4) is 0 Å². The molecule has 1 fully saturated rings. The molecule has 28 heavy (non-hydrogen) atoms. The lowest BCUT2D eigenvalue weighted by atomic mass is 9.74. The third-order valence-electron chi connectivity index (χ3n) is 5.44. The fraction of sp³-hybridized carbons (Fsp3) is 0.304. The average Bonchev–Trinajstić information content (AvgIpc) is 3.27. The Bertz CT molecular complexity index is 886. The van der Waals surface area contributed by atoms with Crippen molar-refractivity contribution in [3.63, 3.8) is 0 Å². The van der Waals surface area contributed by atoms with Crippen LogP contribution in [0.4, 0.5) is 0 Å². The number of ether oxygens (including phenoxy) is 1. The van der Waals surface area contributed by atoms with Gasteiger partial charge in [0.25, 0.3) is 0 Å². The summed E-state index contributed by atoms with van der Waals surface area (Å²) in [5.41, 5.74) is 3.10. The normalized spacial score (nSPS) is 15.9. The van der Waals surface area contributed by atoms with Gasteiger partial charge in [-0.05, 0) is 59.5 Å². The van der Waals surface area contributed by atoms with Gasteiger partial charge in [-0.3, -0.25) is 9.78 Å². The number of rotatable bonds is 6. The maximum atomic E-state index is 13.1. The number of aromatic nitrogens is 1. The van der Waals surface area contributed by atoms with E-state index in [0.717, 1.165) is 30.4 Å². The van der Waals surface area contributed by atoms with Gasteiger partial charge in [0.15, 0.2) is 0 Å². The molecule has 3 heterocycles. The Morgan fingerprint density at radius 3 is 2.43 bits per heavy atom. The van der Waals surface area contributed by atoms with Gasteiger partial charge in [-0.1, -0.05) is 30.3 Å². The number of thiophene rings is 1. The molecule has 1 N–H and O–H groups in total. The third-order valence-corrected chi connectivity index (χ3v) is 6.32. The van der Waals surface area contributed by atoms with Crippen LogP contribution in [0.15, 0.2) is 66.3 Å². The van der Waals surface area contributed by atoms with Crippen molar-refractivity contribution in [1.82, 2.24) is 10.3 Å². The number of amides is 1. The van der Waals surface area contributed by atoms with Crippen LogP contribution in [0.1, 0.15) is 23.3 Å². The van der Waals surface area contributed by atoms with Gasteiger partial charge in [0.1, 0.15) is 0 Å². The van der Waals surface area contributed by atoms with Crippen molar-refractivity contribution in [2.45, 2.75) is 25.8 Å². The predicted molar refractivity (Wildman–Crippen MR) is 112 cm³/mol. The molecule has 0 spiro atoms. The van der Waals surface area contributed by atoms with Crippen LogP contribution >= 0.6 is 11.3 Å². The number of hydrogen-bond acceptors (Lipinski definition) is 4. The smallest absolute Gasteiger partial charge is 0.227 e. The average molecular weight is 393 g/mol. The first kappa shape index (κ1) is 18.8. The zero-order chi connectivity index (χ0) is 19.2. The van der Waals surface area contributed by atoms with Crippen LogP contribution in [-0.4, -0.2) is 24.1 Å². The summed E-state index contributed by atoms with van der Waals surface area (Å²) in [6, 6.07) is 16.6. The molecular weight excluding hydrogens is 368 g/mol. The summed E-state index contributed by atoms with van der Waals surface area (Å²) in [5.74, 6) is 0.141. The molecule has 5 heteroatoms. The van der Waals surface area contributed by atoms with Crippen LogP contribution in [0.5, 0.6) is 0 Å². The molecule has 1 aliphatic rings. The lowest BCUT2D eigenvalue weighted by molar-refractivity contribution is -0.136. The van der Waals surface area contributed by atoms with Gasteiger partial charge >= 0.3 is 0 Å². The van der Waals surface area contributed by atoms with Crippen molar-refractivity contribution in [2.75, 3.05) is 13.2 Å². The Labute approximate surface area is 169 Å². The zero-order valence-corrected chi connectivity index (χ0v) is 16.6. The van der Waals surface area contributed by atoms with Gasteiger partial charge in [-0.2, -0.15) is 0 Å². The van der Waals surface area contributed by atoms with E-state index in [-0.39, 0.29) is 5.91 Å². The van der Waals surface area contributed by atoms with Crippen LogP contribution in [0, 0.1) is 5.41 Å². The summed E-state index contributed by atoms with van der Waals surface area (Å²) in [7, 11) is 0. The topological polar surface area (TPSA) is 51.2 Å². The molecule has 0 atom stereocenters. The highest BCUT2D eigenvalue weighted by Gasteiger charge is 2.39. The molecule has 1 amide bonds. The molecule has 1 aromatic carbocycles. The highest BCUT2D eigenvalue weighted by atomic mass is 32.1. The van der Waals surface area contributed by atoms with E-state index in [4.69, 9.17) is 4.74 Å².